The van der Waals surface area contributed by atoms with Gasteiger partial charge in [0.1, 0.15) is 5.75 Å². The lowest BCUT2D eigenvalue weighted by atomic mass is 10.1. The number of anilines is 1. The Morgan fingerprint density at radius 1 is 1.08 bits per heavy atom. The molecule has 0 saturated carbocycles. The van der Waals surface area contributed by atoms with E-state index in [0.717, 1.165) is 21.4 Å². The summed E-state index contributed by atoms with van der Waals surface area (Å²) >= 11 is 1.26. The van der Waals surface area contributed by atoms with E-state index >= 15 is 0 Å². The summed E-state index contributed by atoms with van der Waals surface area (Å²) in [5.41, 5.74) is 6.49. The molecule has 0 amide bonds. The molecule has 0 aliphatic heterocycles. The summed E-state index contributed by atoms with van der Waals surface area (Å²) in [7, 11) is 1.66. The van der Waals surface area contributed by atoms with Crippen molar-refractivity contribution in [2.45, 2.75) is 11.0 Å². The zero-order valence-electron chi connectivity index (χ0n) is 14.3. The highest BCUT2D eigenvalue weighted by Crippen LogP contribution is 2.33. The van der Waals surface area contributed by atoms with Gasteiger partial charge < -0.3 is 20.7 Å². The molecule has 6 heteroatoms. The number of ether oxygens (including phenoxy) is 1. The van der Waals surface area contributed by atoms with Crippen molar-refractivity contribution < 1.29 is 19.7 Å². The lowest BCUT2D eigenvalue weighted by Crippen LogP contribution is -2.21. The van der Waals surface area contributed by atoms with Crippen LogP contribution in [0.3, 0.4) is 0 Å². The van der Waals surface area contributed by atoms with Crippen LogP contribution in [0, 0.1) is 0 Å². The first-order valence-corrected chi connectivity index (χ1v) is 8.91. The number of hydrogen-bond donors (Lipinski definition) is 3. The number of carboxylic acids is 1. The fourth-order valence-corrected chi connectivity index (χ4v) is 3.25. The Balaban J connectivity index is 0.000000254. The van der Waals surface area contributed by atoms with E-state index < -0.39 is 12.1 Å². The van der Waals surface area contributed by atoms with Crippen LogP contribution in [0.25, 0.3) is 10.8 Å². The number of fused-ring (bicyclic) bond motifs is 1. The van der Waals surface area contributed by atoms with Crippen molar-refractivity contribution in [1.29, 1.82) is 0 Å². The monoisotopic (exact) mass is 371 g/mol. The predicted molar refractivity (Wildman–Crippen MR) is 106 cm³/mol. The lowest BCUT2D eigenvalue weighted by Gasteiger charge is -2.10. The topological polar surface area (TPSA) is 92.8 Å². The number of aliphatic carboxylic acids is 1. The molecule has 0 bridgehead atoms. The number of nitrogen functional groups attached to an aromatic ring is 1. The lowest BCUT2D eigenvalue weighted by molar-refractivity contribution is -0.145. The van der Waals surface area contributed by atoms with Gasteiger partial charge in [0.05, 0.1) is 7.11 Å². The Morgan fingerprint density at radius 2 is 1.73 bits per heavy atom. The van der Waals surface area contributed by atoms with Crippen molar-refractivity contribution in [3.63, 3.8) is 0 Å². The maximum absolute atomic E-state index is 10.6. The van der Waals surface area contributed by atoms with E-state index in [0.29, 0.717) is 5.69 Å². The van der Waals surface area contributed by atoms with Crippen LogP contribution >= 0.6 is 11.8 Å². The maximum Gasteiger partial charge on any atom is 0.333 e. The molecule has 3 rings (SSSR count). The molecule has 3 aromatic rings. The van der Waals surface area contributed by atoms with E-state index in [1.54, 1.807) is 13.2 Å². The molecular formula is C20H21NO4S. The molecule has 5 nitrogen and oxygen atoms in total. The number of carbonyl (C=O) groups is 1. The van der Waals surface area contributed by atoms with Crippen molar-refractivity contribution in [2.24, 2.45) is 0 Å². The number of benzene rings is 3. The van der Waals surface area contributed by atoms with Gasteiger partial charge in [0.2, 0.25) is 0 Å². The zero-order chi connectivity index (χ0) is 18.9. The van der Waals surface area contributed by atoms with Crippen LogP contribution in [-0.4, -0.2) is 35.1 Å². The molecule has 0 radical (unpaired) electrons. The fraction of sp³-hybridized carbons (Fsp3) is 0.150. The Kier molecular flexibility index (Phi) is 7.32. The second-order valence-corrected chi connectivity index (χ2v) is 6.42. The summed E-state index contributed by atoms with van der Waals surface area (Å²) in [6, 6.07) is 21.1. The molecule has 1 atom stereocenters. The average Bonchev–Trinajstić information content (AvgIpc) is 2.68. The number of methoxy groups -OCH3 is 1. The molecule has 3 aromatic carbocycles. The van der Waals surface area contributed by atoms with E-state index in [9.17, 15) is 9.90 Å². The minimum Gasteiger partial charge on any atom is -0.497 e. The SMILES string of the molecule is COc1ccccc1.Nc1ccc2ccccc2c1SCC(O)C(=O)O. The van der Waals surface area contributed by atoms with Gasteiger partial charge in [-0.05, 0) is 29.0 Å². The first-order valence-electron chi connectivity index (χ1n) is 7.93. The highest BCUT2D eigenvalue weighted by atomic mass is 32.2. The molecule has 1 unspecified atom stereocenters. The van der Waals surface area contributed by atoms with Crippen LogP contribution < -0.4 is 10.5 Å². The minimum atomic E-state index is -1.38. The number of hydrogen-bond acceptors (Lipinski definition) is 5. The van der Waals surface area contributed by atoms with Gasteiger partial charge in [-0.25, -0.2) is 4.79 Å². The van der Waals surface area contributed by atoms with Crippen LogP contribution in [0.4, 0.5) is 5.69 Å². The van der Waals surface area contributed by atoms with Crippen LogP contribution in [0.2, 0.25) is 0 Å². The Labute approximate surface area is 156 Å². The quantitative estimate of drug-likeness (QED) is 0.468. The van der Waals surface area contributed by atoms with E-state index in [1.165, 1.54) is 11.8 Å². The van der Waals surface area contributed by atoms with Gasteiger partial charge >= 0.3 is 5.97 Å². The molecule has 0 aromatic heterocycles. The number of aliphatic hydroxyl groups excluding tert-OH is 1. The number of nitrogens with two attached hydrogens (primary N) is 1. The highest BCUT2D eigenvalue weighted by Gasteiger charge is 2.15. The second kappa shape index (κ2) is 9.70. The van der Waals surface area contributed by atoms with Gasteiger partial charge in [-0.1, -0.05) is 48.5 Å². The number of thioether (sulfide) groups is 1. The Bertz CT molecular complexity index is 855. The van der Waals surface area contributed by atoms with E-state index in [1.807, 2.05) is 60.7 Å². The van der Waals surface area contributed by atoms with Gasteiger partial charge in [0.25, 0.3) is 0 Å². The van der Waals surface area contributed by atoms with E-state index in [2.05, 4.69) is 0 Å². The van der Waals surface area contributed by atoms with Gasteiger partial charge in [0, 0.05) is 16.3 Å². The Hall–Kier alpha value is -2.70. The third kappa shape index (κ3) is 5.40. The van der Waals surface area contributed by atoms with Gasteiger partial charge in [0.15, 0.2) is 6.10 Å². The standard InChI is InChI=1S/C13H13NO3S.C7H8O/c14-10-6-5-8-3-1-2-4-9(8)12(10)18-7-11(15)13(16)17;1-8-7-5-3-2-4-6-7/h1-6,11,15H,7,14H2,(H,16,17);2-6H,1H3. The highest BCUT2D eigenvalue weighted by molar-refractivity contribution is 7.99. The summed E-state index contributed by atoms with van der Waals surface area (Å²) in [5.74, 6) is -0.234. The number of rotatable bonds is 5. The summed E-state index contributed by atoms with van der Waals surface area (Å²) < 4.78 is 4.91. The van der Waals surface area contributed by atoms with Crippen molar-refractivity contribution in [3.05, 3.63) is 66.7 Å². The van der Waals surface area contributed by atoms with Crippen molar-refractivity contribution in [1.82, 2.24) is 0 Å². The molecule has 0 spiro atoms. The van der Waals surface area contributed by atoms with E-state index in [-0.39, 0.29) is 5.75 Å². The van der Waals surface area contributed by atoms with Crippen molar-refractivity contribution in [2.75, 3.05) is 18.6 Å². The van der Waals surface area contributed by atoms with Crippen molar-refractivity contribution >= 4 is 34.2 Å². The molecular weight excluding hydrogens is 350 g/mol. The van der Waals surface area contributed by atoms with Crippen LogP contribution in [0.1, 0.15) is 0 Å². The van der Waals surface area contributed by atoms with Crippen molar-refractivity contribution in [3.8, 4) is 5.75 Å². The fourth-order valence-electron chi connectivity index (χ4n) is 2.21. The zero-order valence-corrected chi connectivity index (χ0v) is 15.1. The molecule has 0 saturated heterocycles. The van der Waals surface area contributed by atoms with Crippen LogP contribution in [0.15, 0.2) is 71.6 Å². The normalized spacial score (nSPS) is 11.3. The summed E-state index contributed by atoms with van der Waals surface area (Å²) in [6.07, 6.45) is -1.38. The smallest absolute Gasteiger partial charge is 0.333 e. The summed E-state index contributed by atoms with van der Waals surface area (Å²) in [6.45, 7) is 0. The minimum absolute atomic E-state index is 0.0769. The molecule has 136 valence electrons. The first-order chi connectivity index (χ1) is 12.5. The van der Waals surface area contributed by atoms with Gasteiger partial charge in [-0.3, -0.25) is 0 Å². The van der Waals surface area contributed by atoms with Crippen LogP contribution in [-0.2, 0) is 4.79 Å². The third-order valence-electron chi connectivity index (χ3n) is 3.56. The third-order valence-corrected chi connectivity index (χ3v) is 4.79. The molecule has 4 N–H and O–H groups in total. The van der Waals surface area contributed by atoms with Crippen LogP contribution in [0.5, 0.6) is 5.75 Å². The Morgan fingerprint density at radius 3 is 2.35 bits per heavy atom. The average molecular weight is 371 g/mol. The maximum atomic E-state index is 10.6. The first kappa shape index (κ1) is 19.6. The molecule has 0 aliphatic carbocycles. The summed E-state index contributed by atoms with van der Waals surface area (Å²) in [5, 5.41) is 20.0. The van der Waals surface area contributed by atoms with E-state index in [4.69, 9.17) is 15.6 Å². The largest absolute Gasteiger partial charge is 0.497 e. The predicted octanol–water partition coefficient (Wildman–Crippen LogP) is 3.65. The molecule has 0 fully saturated rings. The second-order valence-electron chi connectivity index (χ2n) is 5.39. The van der Waals surface area contributed by atoms with Gasteiger partial charge in [-0.15, -0.1) is 11.8 Å². The molecule has 0 heterocycles. The summed E-state index contributed by atoms with van der Waals surface area (Å²) in [4.78, 5) is 11.4. The van der Waals surface area contributed by atoms with Gasteiger partial charge in [-0.2, -0.15) is 0 Å². The molecule has 26 heavy (non-hydrogen) atoms. The number of carboxylic acid groups (broad SMARTS) is 1. The number of aliphatic hydroxyl groups is 1. The molecule has 0 aliphatic rings. The number of para-hydroxylation sites is 1.